The van der Waals surface area contributed by atoms with E-state index in [9.17, 15) is 22.0 Å². The van der Waals surface area contributed by atoms with Crippen molar-refractivity contribution in [2.24, 2.45) is 0 Å². The van der Waals surface area contributed by atoms with Crippen LogP contribution in [-0.2, 0) is 0 Å². The highest BCUT2D eigenvalue weighted by atomic mass is 19.3. The lowest BCUT2D eigenvalue weighted by atomic mass is 9.92. The number of hydrogen-bond donors (Lipinski definition) is 1. The standard InChI is InChI=1S/C6H8F5N/c7-4(8)5(9)3-12-2-1-6(5,10)11/h4,12H,1-3H2. The fraction of sp³-hybridized carbons (Fsp3) is 1.00. The van der Waals surface area contributed by atoms with Crippen LogP contribution in [0.25, 0.3) is 0 Å². The first-order valence-corrected chi connectivity index (χ1v) is 3.46. The molecule has 1 rings (SSSR count). The predicted octanol–water partition coefficient (Wildman–Crippen LogP) is 1.59. The highest BCUT2D eigenvalue weighted by Gasteiger charge is 2.62. The zero-order valence-electron chi connectivity index (χ0n) is 6.09. The molecule has 0 aromatic heterocycles. The van der Waals surface area contributed by atoms with Crippen LogP contribution < -0.4 is 5.32 Å². The second-order valence-corrected chi connectivity index (χ2v) is 2.79. The van der Waals surface area contributed by atoms with Crippen LogP contribution in [0.4, 0.5) is 22.0 Å². The zero-order valence-corrected chi connectivity index (χ0v) is 6.09. The second-order valence-electron chi connectivity index (χ2n) is 2.79. The average molecular weight is 189 g/mol. The third kappa shape index (κ3) is 1.28. The Morgan fingerprint density at radius 2 is 1.75 bits per heavy atom. The Bertz CT molecular complexity index is 171. The van der Waals surface area contributed by atoms with Crippen LogP contribution in [0.15, 0.2) is 0 Å². The highest BCUT2D eigenvalue weighted by molar-refractivity contribution is 5.01. The molecule has 0 spiro atoms. The number of hydrogen-bond acceptors (Lipinski definition) is 1. The highest BCUT2D eigenvalue weighted by Crippen LogP contribution is 2.41. The molecule has 1 unspecified atom stereocenters. The van der Waals surface area contributed by atoms with E-state index in [2.05, 4.69) is 5.32 Å². The van der Waals surface area contributed by atoms with Gasteiger partial charge < -0.3 is 5.32 Å². The fourth-order valence-corrected chi connectivity index (χ4v) is 1.09. The van der Waals surface area contributed by atoms with Gasteiger partial charge in [-0.05, 0) is 0 Å². The Morgan fingerprint density at radius 1 is 1.17 bits per heavy atom. The summed E-state index contributed by atoms with van der Waals surface area (Å²) in [6.45, 7) is -1.12. The quantitative estimate of drug-likeness (QED) is 0.617. The number of nitrogens with one attached hydrogen (secondary N) is 1. The SMILES string of the molecule is FC(F)C1(F)CNCCC1(F)F. The zero-order chi connectivity index (χ0) is 9.41. The van der Waals surface area contributed by atoms with Crippen molar-refractivity contribution >= 4 is 0 Å². The van der Waals surface area contributed by atoms with E-state index >= 15 is 0 Å². The smallest absolute Gasteiger partial charge is 0.289 e. The van der Waals surface area contributed by atoms with Crippen LogP contribution in [0.5, 0.6) is 0 Å². The first-order valence-electron chi connectivity index (χ1n) is 3.46. The normalized spacial score (nSPS) is 35.5. The number of rotatable bonds is 1. The van der Waals surface area contributed by atoms with Crippen molar-refractivity contribution in [1.82, 2.24) is 5.32 Å². The van der Waals surface area contributed by atoms with Crippen LogP contribution >= 0.6 is 0 Å². The summed E-state index contributed by atoms with van der Waals surface area (Å²) in [6, 6.07) is 0. The first-order chi connectivity index (χ1) is 5.40. The topological polar surface area (TPSA) is 12.0 Å². The number of alkyl halides is 5. The van der Waals surface area contributed by atoms with E-state index in [1.165, 1.54) is 0 Å². The van der Waals surface area contributed by atoms with Gasteiger partial charge in [0.25, 0.3) is 12.3 Å². The summed E-state index contributed by atoms with van der Waals surface area (Å²) >= 11 is 0. The van der Waals surface area contributed by atoms with Gasteiger partial charge in [-0.1, -0.05) is 0 Å². The minimum Gasteiger partial charge on any atom is -0.313 e. The van der Waals surface area contributed by atoms with Gasteiger partial charge in [-0.3, -0.25) is 0 Å². The molecule has 1 atom stereocenters. The van der Waals surface area contributed by atoms with Crippen LogP contribution in [0.2, 0.25) is 0 Å². The minimum absolute atomic E-state index is 0.134. The van der Waals surface area contributed by atoms with Crippen LogP contribution in [0.3, 0.4) is 0 Å². The van der Waals surface area contributed by atoms with E-state index in [1.807, 2.05) is 0 Å². The van der Waals surface area contributed by atoms with Gasteiger partial charge in [-0.25, -0.2) is 22.0 Å². The van der Waals surface area contributed by atoms with Gasteiger partial charge >= 0.3 is 0 Å². The van der Waals surface area contributed by atoms with Crippen molar-refractivity contribution in [2.75, 3.05) is 13.1 Å². The summed E-state index contributed by atoms with van der Waals surface area (Å²) in [4.78, 5) is 0. The van der Waals surface area contributed by atoms with Crippen LogP contribution in [0.1, 0.15) is 6.42 Å². The van der Waals surface area contributed by atoms with Crippen LogP contribution in [-0.4, -0.2) is 31.1 Å². The van der Waals surface area contributed by atoms with Gasteiger partial charge in [0.05, 0.1) is 0 Å². The van der Waals surface area contributed by atoms with Crippen molar-refractivity contribution in [3.05, 3.63) is 0 Å². The van der Waals surface area contributed by atoms with E-state index in [4.69, 9.17) is 0 Å². The Kier molecular flexibility index (Phi) is 2.29. The van der Waals surface area contributed by atoms with Gasteiger partial charge in [0, 0.05) is 19.5 Å². The average Bonchev–Trinajstić information content (AvgIpc) is 1.95. The molecule has 1 heterocycles. The lowest BCUT2D eigenvalue weighted by Gasteiger charge is -2.36. The predicted molar refractivity (Wildman–Crippen MR) is 32.3 cm³/mol. The third-order valence-electron chi connectivity index (χ3n) is 1.95. The molecule has 1 N–H and O–H groups in total. The lowest BCUT2D eigenvalue weighted by molar-refractivity contribution is -0.208. The summed E-state index contributed by atoms with van der Waals surface area (Å²) in [5.41, 5.74) is -3.70. The first kappa shape index (κ1) is 9.70. The molecule has 0 aromatic rings. The van der Waals surface area contributed by atoms with E-state index in [-0.39, 0.29) is 6.54 Å². The van der Waals surface area contributed by atoms with Gasteiger partial charge in [-0.15, -0.1) is 0 Å². The van der Waals surface area contributed by atoms with Crippen molar-refractivity contribution in [3.63, 3.8) is 0 Å². The summed E-state index contributed by atoms with van der Waals surface area (Å²) in [5.74, 6) is -3.92. The van der Waals surface area contributed by atoms with Gasteiger partial charge in [0.1, 0.15) is 0 Å². The lowest BCUT2D eigenvalue weighted by Crippen LogP contribution is -2.60. The Hall–Kier alpha value is -0.390. The molecule has 1 saturated heterocycles. The van der Waals surface area contributed by atoms with Crippen molar-refractivity contribution in [2.45, 2.75) is 24.4 Å². The van der Waals surface area contributed by atoms with E-state index in [0.29, 0.717) is 0 Å². The van der Waals surface area contributed by atoms with Crippen molar-refractivity contribution in [1.29, 1.82) is 0 Å². The monoisotopic (exact) mass is 189 g/mol. The van der Waals surface area contributed by atoms with E-state index in [1.54, 1.807) is 0 Å². The Labute approximate surface area is 65.9 Å². The maximum atomic E-state index is 12.9. The minimum atomic E-state index is -3.92. The maximum absolute atomic E-state index is 12.9. The maximum Gasteiger partial charge on any atom is 0.289 e. The van der Waals surface area contributed by atoms with Gasteiger partial charge in [0.15, 0.2) is 0 Å². The molecule has 1 aliphatic heterocycles. The third-order valence-corrected chi connectivity index (χ3v) is 1.95. The van der Waals surface area contributed by atoms with E-state index < -0.39 is 31.0 Å². The van der Waals surface area contributed by atoms with Crippen molar-refractivity contribution in [3.8, 4) is 0 Å². The largest absolute Gasteiger partial charge is 0.313 e. The molecule has 72 valence electrons. The summed E-state index contributed by atoms with van der Waals surface area (Å²) < 4.78 is 61.9. The summed E-state index contributed by atoms with van der Waals surface area (Å²) in [7, 11) is 0. The van der Waals surface area contributed by atoms with Crippen LogP contribution in [0, 0.1) is 0 Å². The molecule has 12 heavy (non-hydrogen) atoms. The molecule has 1 fully saturated rings. The van der Waals surface area contributed by atoms with Crippen molar-refractivity contribution < 1.29 is 22.0 Å². The molecule has 6 heteroatoms. The fourth-order valence-electron chi connectivity index (χ4n) is 1.09. The van der Waals surface area contributed by atoms with E-state index in [0.717, 1.165) is 0 Å². The summed E-state index contributed by atoms with van der Waals surface area (Å²) in [5, 5.41) is 2.18. The molecule has 0 aromatic carbocycles. The van der Waals surface area contributed by atoms with Gasteiger partial charge in [-0.2, -0.15) is 0 Å². The molecule has 0 aliphatic carbocycles. The molecule has 0 bridgehead atoms. The Balaban J connectivity index is 2.84. The van der Waals surface area contributed by atoms with Gasteiger partial charge in [0.2, 0.25) is 5.67 Å². The number of piperidine rings is 1. The molecule has 0 amide bonds. The number of halogens is 5. The molecule has 1 nitrogen and oxygen atoms in total. The molecule has 0 saturated carbocycles. The Morgan fingerprint density at radius 3 is 2.08 bits per heavy atom. The molecular weight excluding hydrogens is 181 g/mol. The molecular formula is C6H8F5N. The molecule has 1 aliphatic rings. The second kappa shape index (κ2) is 2.83. The summed E-state index contributed by atoms with van der Waals surface area (Å²) in [6.07, 6.45) is -4.53. The molecule has 0 radical (unpaired) electrons.